The second-order valence-corrected chi connectivity index (χ2v) is 7.43. The summed E-state index contributed by atoms with van der Waals surface area (Å²) in [5.74, 6) is 1.96. The molecule has 0 aliphatic carbocycles. The summed E-state index contributed by atoms with van der Waals surface area (Å²) in [5.41, 5.74) is 3.85. The van der Waals surface area contributed by atoms with Gasteiger partial charge in [-0.05, 0) is 36.1 Å². The molecule has 0 spiro atoms. The number of nitriles is 1. The second-order valence-electron chi connectivity index (χ2n) is 7.43. The highest BCUT2D eigenvalue weighted by molar-refractivity contribution is 5.81. The van der Waals surface area contributed by atoms with E-state index in [1.165, 1.54) is 0 Å². The van der Waals surface area contributed by atoms with Crippen LogP contribution in [0.3, 0.4) is 0 Å². The maximum Gasteiger partial charge on any atom is 0.270 e. The average Bonchev–Trinajstić information content (AvgIpc) is 2.79. The van der Waals surface area contributed by atoms with Crippen molar-refractivity contribution in [2.24, 2.45) is 11.0 Å². The van der Waals surface area contributed by atoms with Crippen molar-refractivity contribution in [3.63, 3.8) is 0 Å². The fourth-order valence-electron chi connectivity index (χ4n) is 2.89. The van der Waals surface area contributed by atoms with Gasteiger partial charge >= 0.3 is 0 Å². The van der Waals surface area contributed by atoms with Gasteiger partial charge in [0.2, 0.25) is 5.95 Å². The number of anilines is 1. The number of aromatic amines is 1. The van der Waals surface area contributed by atoms with E-state index in [0.717, 1.165) is 12.0 Å². The number of nitrogens with one attached hydrogen (secondary N) is 2. The molecule has 0 radical (unpaired) electrons. The lowest BCUT2D eigenvalue weighted by atomic mass is 10.1. The molecule has 0 amide bonds. The van der Waals surface area contributed by atoms with Crippen LogP contribution in [-0.4, -0.2) is 29.9 Å². The van der Waals surface area contributed by atoms with Gasteiger partial charge in [0.25, 0.3) is 5.56 Å². The molecular formula is C24H25N5O3. The van der Waals surface area contributed by atoms with Crippen molar-refractivity contribution in [2.75, 3.05) is 19.1 Å². The predicted octanol–water partition coefficient (Wildman–Crippen LogP) is 4.19. The normalized spacial score (nSPS) is 10.8. The number of aromatic nitrogens is 2. The van der Waals surface area contributed by atoms with Gasteiger partial charge in [-0.1, -0.05) is 44.2 Å². The summed E-state index contributed by atoms with van der Waals surface area (Å²) in [5, 5.41) is 13.5. The Balaban J connectivity index is 1.77. The van der Waals surface area contributed by atoms with E-state index >= 15 is 0 Å². The fourth-order valence-corrected chi connectivity index (χ4v) is 2.89. The zero-order chi connectivity index (χ0) is 22.9. The van der Waals surface area contributed by atoms with E-state index in [0.29, 0.717) is 35.3 Å². The molecule has 0 unspecified atom stereocenters. The van der Waals surface area contributed by atoms with Crippen LogP contribution >= 0.6 is 0 Å². The molecule has 0 bridgehead atoms. The van der Waals surface area contributed by atoms with Gasteiger partial charge in [0.15, 0.2) is 11.5 Å². The second kappa shape index (κ2) is 10.8. The summed E-state index contributed by atoms with van der Waals surface area (Å²) < 4.78 is 11.2. The minimum atomic E-state index is -0.538. The number of H-pyrrole nitrogens is 1. The Morgan fingerprint density at radius 3 is 2.69 bits per heavy atom. The van der Waals surface area contributed by atoms with Crippen LogP contribution in [0.15, 0.2) is 58.4 Å². The maximum atomic E-state index is 12.3. The van der Waals surface area contributed by atoms with Gasteiger partial charge in [-0.15, -0.1) is 0 Å². The van der Waals surface area contributed by atoms with Gasteiger partial charge in [-0.25, -0.2) is 10.4 Å². The van der Waals surface area contributed by atoms with Gasteiger partial charge in [0.05, 0.1) is 25.6 Å². The number of ether oxygens (including phenoxy) is 2. The highest BCUT2D eigenvalue weighted by atomic mass is 16.5. The molecule has 32 heavy (non-hydrogen) atoms. The molecule has 2 aromatic carbocycles. The number of methoxy groups -OCH3 is 1. The first kappa shape index (κ1) is 22.6. The van der Waals surface area contributed by atoms with Gasteiger partial charge < -0.3 is 9.47 Å². The summed E-state index contributed by atoms with van der Waals surface area (Å²) in [6, 6.07) is 16.4. The minimum absolute atomic E-state index is 0.0523. The van der Waals surface area contributed by atoms with E-state index in [4.69, 9.17) is 9.47 Å². The third-order valence-electron chi connectivity index (χ3n) is 4.60. The van der Waals surface area contributed by atoms with Crippen molar-refractivity contribution >= 4 is 12.2 Å². The van der Waals surface area contributed by atoms with Crippen molar-refractivity contribution < 1.29 is 9.47 Å². The minimum Gasteiger partial charge on any atom is -0.493 e. The Morgan fingerprint density at radius 2 is 2.00 bits per heavy atom. The van der Waals surface area contributed by atoms with E-state index in [1.807, 2.05) is 36.4 Å². The molecule has 1 heterocycles. The molecule has 164 valence electrons. The van der Waals surface area contributed by atoms with E-state index in [9.17, 15) is 10.1 Å². The smallest absolute Gasteiger partial charge is 0.270 e. The van der Waals surface area contributed by atoms with E-state index in [1.54, 1.807) is 31.5 Å². The summed E-state index contributed by atoms with van der Waals surface area (Å²) in [6.07, 6.45) is 2.53. The van der Waals surface area contributed by atoms with Crippen LogP contribution in [0.2, 0.25) is 0 Å². The number of nitrogens with zero attached hydrogens (tertiary/aromatic N) is 3. The molecule has 3 rings (SSSR count). The fraction of sp³-hybridized carbons (Fsp3) is 0.250. The van der Waals surface area contributed by atoms with E-state index in [2.05, 4.69) is 34.3 Å². The quantitative estimate of drug-likeness (QED) is 0.388. The molecule has 0 saturated carbocycles. The van der Waals surface area contributed by atoms with Crippen LogP contribution in [0.1, 0.15) is 31.4 Å². The zero-order valence-corrected chi connectivity index (χ0v) is 18.3. The third kappa shape index (κ3) is 5.73. The molecule has 0 fully saturated rings. The average molecular weight is 431 g/mol. The summed E-state index contributed by atoms with van der Waals surface area (Å²) in [7, 11) is 1.58. The lowest BCUT2D eigenvalue weighted by Gasteiger charge is -2.12. The van der Waals surface area contributed by atoms with Crippen LogP contribution in [0, 0.1) is 17.2 Å². The van der Waals surface area contributed by atoms with Crippen LogP contribution in [-0.2, 0) is 0 Å². The number of hydrogen-bond donors (Lipinski definition) is 2. The van der Waals surface area contributed by atoms with Crippen molar-refractivity contribution in [3.05, 3.63) is 70.0 Å². The largest absolute Gasteiger partial charge is 0.493 e. The molecule has 0 aliphatic heterocycles. The summed E-state index contributed by atoms with van der Waals surface area (Å²) in [6.45, 7) is 4.91. The highest BCUT2D eigenvalue weighted by Crippen LogP contribution is 2.28. The number of hydrogen-bond acceptors (Lipinski definition) is 7. The predicted molar refractivity (Wildman–Crippen MR) is 124 cm³/mol. The first-order valence-corrected chi connectivity index (χ1v) is 10.2. The molecule has 0 atom stereocenters. The molecule has 8 nitrogen and oxygen atoms in total. The lowest BCUT2D eigenvalue weighted by molar-refractivity contribution is 0.273. The first-order chi connectivity index (χ1) is 15.5. The number of benzene rings is 2. The third-order valence-corrected chi connectivity index (χ3v) is 4.60. The first-order valence-electron chi connectivity index (χ1n) is 10.2. The molecule has 0 aliphatic rings. The number of hydrazone groups is 1. The Bertz CT molecular complexity index is 1180. The van der Waals surface area contributed by atoms with Crippen molar-refractivity contribution in [2.45, 2.75) is 20.3 Å². The Labute approximate surface area is 186 Å². The topological polar surface area (TPSA) is 112 Å². The van der Waals surface area contributed by atoms with Crippen LogP contribution in [0.25, 0.3) is 11.3 Å². The molecule has 1 aromatic heterocycles. The molecule has 8 heteroatoms. The van der Waals surface area contributed by atoms with Crippen LogP contribution in [0.5, 0.6) is 11.5 Å². The summed E-state index contributed by atoms with van der Waals surface area (Å²) >= 11 is 0. The van der Waals surface area contributed by atoms with Crippen molar-refractivity contribution in [3.8, 4) is 28.8 Å². The van der Waals surface area contributed by atoms with Crippen LogP contribution in [0.4, 0.5) is 5.95 Å². The Kier molecular flexibility index (Phi) is 7.60. The Morgan fingerprint density at radius 1 is 1.22 bits per heavy atom. The monoisotopic (exact) mass is 431 g/mol. The molecular weight excluding hydrogens is 406 g/mol. The SMILES string of the molecule is COc1cc(C=NNc2nc(-c3ccccc3)c(C#N)c(=O)[nH]2)ccc1OCCC(C)C. The van der Waals surface area contributed by atoms with Gasteiger partial charge in [-0.3, -0.25) is 9.78 Å². The van der Waals surface area contributed by atoms with Gasteiger partial charge in [0.1, 0.15) is 11.6 Å². The Hall–Kier alpha value is -4.12. The highest BCUT2D eigenvalue weighted by Gasteiger charge is 2.13. The maximum absolute atomic E-state index is 12.3. The van der Waals surface area contributed by atoms with Gasteiger partial charge in [0, 0.05) is 5.56 Å². The molecule has 0 saturated heterocycles. The van der Waals surface area contributed by atoms with E-state index < -0.39 is 5.56 Å². The van der Waals surface area contributed by atoms with Crippen molar-refractivity contribution in [1.82, 2.24) is 9.97 Å². The lowest BCUT2D eigenvalue weighted by Crippen LogP contribution is -2.16. The molecule has 3 aromatic rings. The van der Waals surface area contributed by atoms with Crippen LogP contribution < -0.4 is 20.5 Å². The van der Waals surface area contributed by atoms with Gasteiger partial charge in [-0.2, -0.15) is 10.4 Å². The summed E-state index contributed by atoms with van der Waals surface area (Å²) in [4.78, 5) is 19.2. The zero-order valence-electron chi connectivity index (χ0n) is 18.3. The standard InChI is InChI=1S/C24H25N5O3/c1-16(2)11-12-32-20-10-9-17(13-21(20)31-3)15-26-29-24-27-22(18-7-5-4-6-8-18)19(14-25)23(30)28-24/h4-10,13,15-16H,11-12H2,1-3H3,(H2,27,28,29,30). The van der Waals surface area contributed by atoms with E-state index in [-0.39, 0.29) is 11.5 Å². The molecule has 2 N–H and O–H groups in total. The van der Waals surface area contributed by atoms with Crippen molar-refractivity contribution in [1.29, 1.82) is 5.26 Å². The number of rotatable bonds is 9.